The lowest BCUT2D eigenvalue weighted by atomic mass is 9.98. The van der Waals surface area contributed by atoms with E-state index < -0.39 is 0 Å². The molecule has 1 unspecified atom stereocenters. The van der Waals surface area contributed by atoms with Crippen LogP contribution in [0, 0.1) is 0 Å². The fraction of sp³-hybridized carbons (Fsp3) is 0.304. The molecule has 0 aliphatic carbocycles. The van der Waals surface area contributed by atoms with Crippen LogP contribution in [-0.4, -0.2) is 23.4 Å². The second-order valence-electron chi connectivity index (χ2n) is 6.79. The van der Waals surface area contributed by atoms with E-state index >= 15 is 0 Å². The number of ether oxygens (including phenoxy) is 2. The van der Waals surface area contributed by atoms with E-state index in [1.165, 1.54) is 17.3 Å². The maximum absolute atomic E-state index is 11.9. The number of rotatable bonds is 9. The first-order chi connectivity index (χ1) is 14.1. The van der Waals surface area contributed by atoms with Gasteiger partial charge in [0.2, 0.25) is 0 Å². The highest BCUT2D eigenvalue weighted by Gasteiger charge is 2.22. The van der Waals surface area contributed by atoms with E-state index in [0.717, 1.165) is 29.9 Å². The largest absolute Gasteiger partial charge is 0.493 e. The summed E-state index contributed by atoms with van der Waals surface area (Å²) in [6.45, 7) is 5.52. The predicted molar refractivity (Wildman–Crippen MR) is 124 cm³/mol. The zero-order chi connectivity index (χ0) is 20.6. The summed E-state index contributed by atoms with van der Waals surface area (Å²) in [5.74, 6) is 2.00. The van der Waals surface area contributed by atoms with Crippen LogP contribution >= 0.6 is 24.0 Å². The van der Waals surface area contributed by atoms with Gasteiger partial charge in [-0.3, -0.25) is 4.79 Å². The van der Waals surface area contributed by atoms with E-state index in [9.17, 15) is 4.79 Å². The van der Waals surface area contributed by atoms with Crippen LogP contribution in [0.25, 0.3) is 6.08 Å². The third kappa shape index (κ3) is 5.84. The first kappa shape index (κ1) is 21.4. The highest BCUT2D eigenvalue weighted by molar-refractivity contribution is 8.26. The third-order valence-electron chi connectivity index (χ3n) is 4.71. The Hall–Kier alpha value is -2.31. The molecule has 0 bridgehead atoms. The number of para-hydroxylation sites is 2. The molecule has 1 saturated heterocycles. The lowest BCUT2D eigenvalue weighted by molar-refractivity contribution is -0.115. The smallest absolute Gasteiger partial charge is 0.263 e. The molecular weight excluding hydrogens is 402 g/mol. The summed E-state index contributed by atoms with van der Waals surface area (Å²) >= 11 is 6.31. The monoisotopic (exact) mass is 427 g/mol. The van der Waals surface area contributed by atoms with E-state index in [4.69, 9.17) is 21.7 Å². The minimum atomic E-state index is -0.164. The minimum Gasteiger partial charge on any atom is -0.493 e. The van der Waals surface area contributed by atoms with Gasteiger partial charge in [0.05, 0.1) is 18.1 Å². The number of amides is 1. The van der Waals surface area contributed by atoms with Crippen LogP contribution in [0.15, 0.2) is 53.4 Å². The molecule has 1 atom stereocenters. The van der Waals surface area contributed by atoms with Gasteiger partial charge in [-0.15, -0.1) is 0 Å². The van der Waals surface area contributed by atoms with Gasteiger partial charge in [0.25, 0.3) is 5.91 Å². The molecule has 0 aromatic heterocycles. The molecule has 29 heavy (non-hydrogen) atoms. The highest BCUT2D eigenvalue weighted by Crippen LogP contribution is 2.30. The molecule has 1 fully saturated rings. The summed E-state index contributed by atoms with van der Waals surface area (Å²) in [5.41, 5.74) is 2.11. The van der Waals surface area contributed by atoms with Gasteiger partial charge in [-0.25, -0.2) is 0 Å². The van der Waals surface area contributed by atoms with Crippen LogP contribution in [0.4, 0.5) is 0 Å². The zero-order valence-electron chi connectivity index (χ0n) is 16.6. The average Bonchev–Trinajstić information content (AvgIpc) is 3.05. The molecule has 1 N–H and O–H groups in total. The van der Waals surface area contributed by atoms with Crippen molar-refractivity contribution in [1.82, 2.24) is 5.32 Å². The van der Waals surface area contributed by atoms with Gasteiger partial charge in [0.1, 0.15) is 15.8 Å². The summed E-state index contributed by atoms with van der Waals surface area (Å²) in [6, 6.07) is 15.9. The molecule has 1 aliphatic heterocycles. The zero-order valence-corrected chi connectivity index (χ0v) is 18.3. The van der Waals surface area contributed by atoms with Crippen LogP contribution < -0.4 is 14.8 Å². The van der Waals surface area contributed by atoms with Crippen LogP contribution in [-0.2, 0) is 4.79 Å². The number of hydrogen-bond acceptors (Lipinski definition) is 5. The highest BCUT2D eigenvalue weighted by atomic mass is 32.2. The average molecular weight is 428 g/mol. The van der Waals surface area contributed by atoms with Gasteiger partial charge in [0.15, 0.2) is 0 Å². The standard InChI is InChI=1S/C23H25NO3S2/c1-3-16(2)18-10-5-7-12-20(18)27-14-8-13-26-19-11-6-4-9-17(19)15-21-22(25)24-23(28)29-21/h4-7,9-12,15-16H,3,8,13-14H2,1-2H3,(H,24,25,28)/b21-15+. The Balaban J connectivity index is 1.54. The van der Waals surface area contributed by atoms with Crippen LogP contribution in [0.5, 0.6) is 11.5 Å². The maximum Gasteiger partial charge on any atom is 0.263 e. The van der Waals surface area contributed by atoms with Crippen molar-refractivity contribution < 1.29 is 14.3 Å². The van der Waals surface area contributed by atoms with E-state index in [1.807, 2.05) is 42.5 Å². The SMILES string of the molecule is CCC(C)c1ccccc1OCCCOc1ccccc1/C=C1/SC(=S)NC1=O. The van der Waals surface area contributed by atoms with Crippen molar-refractivity contribution in [2.24, 2.45) is 0 Å². The molecule has 0 spiro atoms. The summed E-state index contributed by atoms with van der Waals surface area (Å²) in [6.07, 6.45) is 3.66. The van der Waals surface area contributed by atoms with Crippen molar-refractivity contribution in [2.75, 3.05) is 13.2 Å². The van der Waals surface area contributed by atoms with Gasteiger partial charge in [-0.1, -0.05) is 74.2 Å². The fourth-order valence-corrected chi connectivity index (χ4v) is 3.99. The summed E-state index contributed by atoms with van der Waals surface area (Å²) < 4.78 is 12.4. The van der Waals surface area contributed by atoms with Crippen LogP contribution in [0.1, 0.15) is 43.7 Å². The molecule has 0 saturated carbocycles. The van der Waals surface area contributed by atoms with Crippen molar-refractivity contribution >= 4 is 40.3 Å². The van der Waals surface area contributed by atoms with Crippen LogP contribution in [0.3, 0.4) is 0 Å². The number of benzene rings is 2. The number of carbonyl (C=O) groups excluding carboxylic acids is 1. The molecule has 2 aromatic carbocycles. The van der Waals surface area contributed by atoms with Gasteiger partial charge < -0.3 is 14.8 Å². The maximum atomic E-state index is 11.9. The fourth-order valence-electron chi connectivity index (χ4n) is 2.96. The normalized spacial score (nSPS) is 16.0. The molecule has 0 radical (unpaired) electrons. The number of nitrogens with one attached hydrogen (secondary N) is 1. The van der Waals surface area contributed by atoms with E-state index in [2.05, 4.69) is 31.3 Å². The molecule has 1 heterocycles. The lowest BCUT2D eigenvalue weighted by Crippen LogP contribution is -2.17. The Bertz CT molecular complexity index is 911. The van der Waals surface area contributed by atoms with Crippen LogP contribution in [0.2, 0.25) is 0 Å². The van der Waals surface area contributed by atoms with E-state index in [0.29, 0.717) is 28.4 Å². The Morgan fingerprint density at radius 3 is 2.41 bits per heavy atom. The molecule has 6 heteroatoms. The number of thioether (sulfide) groups is 1. The van der Waals surface area contributed by atoms with Gasteiger partial charge in [-0.05, 0) is 36.1 Å². The van der Waals surface area contributed by atoms with E-state index in [1.54, 1.807) is 0 Å². The summed E-state index contributed by atoms with van der Waals surface area (Å²) in [7, 11) is 0. The second kappa shape index (κ2) is 10.5. The Kier molecular flexibility index (Phi) is 7.72. The Labute approximate surface area is 181 Å². The number of hydrogen-bond donors (Lipinski definition) is 1. The summed E-state index contributed by atoms with van der Waals surface area (Å²) in [5, 5.41) is 2.63. The molecule has 4 nitrogen and oxygen atoms in total. The van der Waals surface area contributed by atoms with E-state index in [-0.39, 0.29) is 5.91 Å². The molecule has 3 rings (SSSR count). The number of carbonyl (C=O) groups is 1. The number of thiocarbonyl (C=S) groups is 1. The topological polar surface area (TPSA) is 47.6 Å². The molecule has 2 aromatic rings. The van der Waals surface area contributed by atoms with Gasteiger partial charge >= 0.3 is 0 Å². The van der Waals surface area contributed by atoms with Crippen molar-refractivity contribution in [3.8, 4) is 11.5 Å². The lowest BCUT2D eigenvalue weighted by Gasteiger charge is -2.16. The first-order valence-electron chi connectivity index (χ1n) is 9.77. The molecule has 1 aliphatic rings. The van der Waals surface area contributed by atoms with Crippen molar-refractivity contribution in [3.63, 3.8) is 0 Å². The predicted octanol–water partition coefficient (Wildman–Crippen LogP) is 5.54. The minimum absolute atomic E-state index is 0.164. The van der Waals surface area contributed by atoms with Crippen molar-refractivity contribution in [1.29, 1.82) is 0 Å². The Morgan fingerprint density at radius 2 is 1.72 bits per heavy atom. The first-order valence-corrected chi connectivity index (χ1v) is 11.0. The third-order valence-corrected chi connectivity index (χ3v) is 5.88. The molecule has 152 valence electrons. The van der Waals surface area contributed by atoms with Gasteiger partial charge in [-0.2, -0.15) is 0 Å². The van der Waals surface area contributed by atoms with Gasteiger partial charge in [0, 0.05) is 12.0 Å². The summed E-state index contributed by atoms with van der Waals surface area (Å²) in [4.78, 5) is 12.5. The van der Waals surface area contributed by atoms with Crippen molar-refractivity contribution in [2.45, 2.75) is 32.6 Å². The Morgan fingerprint density at radius 1 is 1.07 bits per heavy atom. The molecule has 1 amide bonds. The molecular formula is C23H25NO3S2. The van der Waals surface area contributed by atoms with Crippen molar-refractivity contribution in [3.05, 3.63) is 64.6 Å². The second-order valence-corrected chi connectivity index (χ2v) is 8.51. The quantitative estimate of drug-likeness (QED) is 0.324.